The van der Waals surface area contributed by atoms with Gasteiger partial charge < -0.3 is 14.5 Å². The van der Waals surface area contributed by atoms with E-state index >= 15 is 0 Å². The van der Waals surface area contributed by atoms with Gasteiger partial charge >= 0.3 is 0 Å². The third-order valence-corrected chi connectivity index (χ3v) is 5.07. The van der Waals surface area contributed by atoms with Gasteiger partial charge in [-0.25, -0.2) is 0 Å². The highest BCUT2D eigenvalue weighted by Crippen LogP contribution is 2.19. The second-order valence-corrected chi connectivity index (χ2v) is 6.78. The molecule has 2 saturated heterocycles. The fourth-order valence-electron chi connectivity index (χ4n) is 3.65. The van der Waals surface area contributed by atoms with Crippen molar-refractivity contribution in [1.82, 2.24) is 19.8 Å². The number of fused-ring (bicyclic) bond motifs is 1. The normalized spacial score (nSPS) is 20.5. The lowest BCUT2D eigenvalue weighted by Gasteiger charge is -2.36. The predicted octanol–water partition coefficient (Wildman–Crippen LogP) is 1.48. The molecule has 136 valence electrons. The smallest absolute Gasteiger partial charge is 0.254 e. The maximum absolute atomic E-state index is 13.1. The zero-order valence-electron chi connectivity index (χ0n) is 14.6. The Morgan fingerprint density at radius 1 is 1.08 bits per heavy atom. The summed E-state index contributed by atoms with van der Waals surface area (Å²) in [6.07, 6.45) is 5.69. The number of carbonyl (C=O) groups is 2. The van der Waals surface area contributed by atoms with Crippen LogP contribution in [0.5, 0.6) is 0 Å². The molecule has 0 radical (unpaired) electrons. The van der Waals surface area contributed by atoms with Crippen molar-refractivity contribution in [2.24, 2.45) is 0 Å². The minimum Gasteiger partial charge on any atom is -0.377 e. The number of benzene rings is 1. The Balaban J connectivity index is 1.52. The van der Waals surface area contributed by atoms with Gasteiger partial charge in [0, 0.05) is 44.0 Å². The number of nitrogens with zero attached hydrogens (tertiary/aromatic N) is 4. The van der Waals surface area contributed by atoms with Gasteiger partial charge in [-0.1, -0.05) is 0 Å². The van der Waals surface area contributed by atoms with Crippen molar-refractivity contribution >= 4 is 22.8 Å². The van der Waals surface area contributed by atoms with Crippen molar-refractivity contribution in [3.8, 4) is 0 Å². The van der Waals surface area contributed by atoms with Crippen LogP contribution in [-0.2, 0) is 9.53 Å². The number of aromatic nitrogens is 2. The Morgan fingerprint density at radius 2 is 1.85 bits per heavy atom. The molecule has 0 aliphatic carbocycles. The standard InChI is InChI=1S/C19H22N4O3/c24-18(22-7-1-2-8-22)12-15-13-26-10-9-23(15)19(25)14-3-4-16-17(11-14)21-6-5-20-16/h3-6,11,15H,1-2,7-10,12-13H2/t15-/m0/s1. The molecule has 0 unspecified atom stereocenters. The van der Waals surface area contributed by atoms with E-state index in [9.17, 15) is 9.59 Å². The molecule has 3 heterocycles. The molecule has 1 atom stereocenters. The molecule has 4 rings (SSSR count). The van der Waals surface area contributed by atoms with Crippen molar-refractivity contribution in [3.05, 3.63) is 36.2 Å². The Labute approximate surface area is 152 Å². The summed E-state index contributed by atoms with van der Waals surface area (Å²) in [6, 6.07) is 5.12. The quantitative estimate of drug-likeness (QED) is 0.835. The number of hydrogen-bond acceptors (Lipinski definition) is 5. The Hall–Kier alpha value is -2.54. The average Bonchev–Trinajstić information content (AvgIpc) is 3.22. The summed E-state index contributed by atoms with van der Waals surface area (Å²) >= 11 is 0. The zero-order valence-corrected chi connectivity index (χ0v) is 14.6. The molecule has 2 aliphatic heterocycles. The molecule has 0 spiro atoms. The lowest BCUT2D eigenvalue weighted by Crippen LogP contribution is -2.50. The Kier molecular flexibility index (Phi) is 4.79. The van der Waals surface area contributed by atoms with Crippen LogP contribution in [0.15, 0.2) is 30.6 Å². The molecule has 2 amide bonds. The maximum Gasteiger partial charge on any atom is 0.254 e. The summed E-state index contributed by atoms with van der Waals surface area (Å²) < 4.78 is 5.55. The van der Waals surface area contributed by atoms with Crippen LogP contribution in [0.3, 0.4) is 0 Å². The van der Waals surface area contributed by atoms with E-state index in [1.165, 1.54) is 0 Å². The van der Waals surface area contributed by atoms with Gasteiger partial charge in [-0.2, -0.15) is 0 Å². The number of carbonyl (C=O) groups excluding carboxylic acids is 2. The average molecular weight is 354 g/mol. The topological polar surface area (TPSA) is 75.6 Å². The molecule has 1 aromatic carbocycles. The minimum atomic E-state index is -0.220. The summed E-state index contributed by atoms with van der Waals surface area (Å²) in [4.78, 5) is 37.7. The van der Waals surface area contributed by atoms with Crippen LogP contribution in [0.2, 0.25) is 0 Å². The van der Waals surface area contributed by atoms with Crippen LogP contribution in [0.4, 0.5) is 0 Å². The lowest BCUT2D eigenvalue weighted by atomic mass is 10.1. The third-order valence-electron chi connectivity index (χ3n) is 5.07. The largest absolute Gasteiger partial charge is 0.377 e. The summed E-state index contributed by atoms with van der Waals surface area (Å²) in [5, 5.41) is 0. The van der Waals surface area contributed by atoms with E-state index in [0.717, 1.165) is 31.4 Å². The zero-order chi connectivity index (χ0) is 17.9. The Bertz CT molecular complexity index is 819. The van der Waals surface area contributed by atoms with E-state index in [4.69, 9.17) is 4.74 Å². The first-order valence-electron chi connectivity index (χ1n) is 9.09. The molecular weight excluding hydrogens is 332 g/mol. The summed E-state index contributed by atoms with van der Waals surface area (Å²) in [6.45, 7) is 3.04. The van der Waals surface area contributed by atoms with E-state index < -0.39 is 0 Å². The van der Waals surface area contributed by atoms with E-state index in [-0.39, 0.29) is 17.9 Å². The molecule has 7 nitrogen and oxygen atoms in total. The molecular formula is C19H22N4O3. The second-order valence-electron chi connectivity index (χ2n) is 6.78. The fraction of sp³-hybridized carbons (Fsp3) is 0.474. The monoisotopic (exact) mass is 354 g/mol. The van der Waals surface area contributed by atoms with Crippen LogP contribution in [-0.4, -0.2) is 70.5 Å². The number of hydrogen-bond donors (Lipinski definition) is 0. The number of likely N-dealkylation sites (tertiary alicyclic amines) is 1. The molecule has 1 aromatic heterocycles. The van der Waals surface area contributed by atoms with Crippen LogP contribution >= 0.6 is 0 Å². The SMILES string of the molecule is O=C(C[C@H]1COCCN1C(=O)c1ccc2nccnc2c1)N1CCCC1. The predicted molar refractivity (Wildman–Crippen MR) is 95.6 cm³/mol. The van der Waals surface area contributed by atoms with Gasteiger partial charge in [-0.05, 0) is 31.0 Å². The number of ether oxygens (including phenoxy) is 1. The number of amides is 2. The van der Waals surface area contributed by atoms with E-state index in [0.29, 0.717) is 37.3 Å². The van der Waals surface area contributed by atoms with Crippen LogP contribution in [0, 0.1) is 0 Å². The molecule has 0 bridgehead atoms. The minimum absolute atomic E-state index is 0.0833. The highest BCUT2D eigenvalue weighted by molar-refractivity contribution is 5.97. The number of morpholine rings is 1. The molecule has 2 aromatic rings. The van der Waals surface area contributed by atoms with Crippen molar-refractivity contribution in [2.45, 2.75) is 25.3 Å². The van der Waals surface area contributed by atoms with Crippen LogP contribution in [0.25, 0.3) is 11.0 Å². The summed E-state index contributed by atoms with van der Waals surface area (Å²) in [5.41, 5.74) is 2.02. The fourth-order valence-corrected chi connectivity index (χ4v) is 3.65. The van der Waals surface area contributed by atoms with Crippen LogP contribution < -0.4 is 0 Å². The van der Waals surface area contributed by atoms with E-state index in [1.807, 2.05) is 4.90 Å². The molecule has 7 heteroatoms. The van der Waals surface area contributed by atoms with Gasteiger partial charge in [0.05, 0.1) is 30.3 Å². The van der Waals surface area contributed by atoms with E-state index in [1.54, 1.807) is 35.5 Å². The van der Waals surface area contributed by atoms with Crippen molar-refractivity contribution in [1.29, 1.82) is 0 Å². The van der Waals surface area contributed by atoms with Gasteiger partial charge in [0.25, 0.3) is 5.91 Å². The molecule has 0 N–H and O–H groups in total. The lowest BCUT2D eigenvalue weighted by molar-refractivity contribution is -0.132. The van der Waals surface area contributed by atoms with Crippen LogP contribution in [0.1, 0.15) is 29.6 Å². The van der Waals surface area contributed by atoms with E-state index in [2.05, 4.69) is 9.97 Å². The van der Waals surface area contributed by atoms with Gasteiger partial charge in [0.15, 0.2) is 0 Å². The third kappa shape index (κ3) is 3.39. The van der Waals surface area contributed by atoms with Crippen molar-refractivity contribution in [2.75, 3.05) is 32.8 Å². The highest BCUT2D eigenvalue weighted by atomic mass is 16.5. The molecule has 2 aliphatic rings. The summed E-state index contributed by atoms with van der Waals surface area (Å²) in [7, 11) is 0. The summed E-state index contributed by atoms with van der Waals surface area (Å²) in [5.74, 6) is 0.0280. The molecule has 2 fully saturated rings. The first-order valence-corrected chi connectivity index (χ1v) is 9.09. The maximum atomic E-state index is 13.1. The first kappa shape index (κ1) is 16.9. The highest BCUT2D eigenvalue weighted by Gasteiger charge is 2.31. The second kappa shape index (κ2) is 7.37. The van der Waals surface area contributed by atoms with Gasteiger partial charge in [0.2, 0.25) is 5.91 Å². The van der Waals surface area contributed by atoms with Gasteiger partial charge in [-0.15, -0.1) is 0 Å². The van der Waals surface area contributed by atoms with Crippen molar-refractivity contribution < 1.29 is 14.3 Å². The van der Waals surface area contributed by atoms with Gasteiger partial charge in [0.1, 0.15) is 0 Å². The van der Waals surface area contributed by atoms with Crippen molar-refractivity contribution in [3.63, 3.8) is 0 Å². The molecule has 26 heavy (non-hydrogen) atoms. The first-order chi connectivity index (χ1) is 12.7. The van der Waals surface area contributed by atoms with Gasteiger partial charge in [-0.3, -0.25) is 19.6 Å². The molecule has 0 saturated carbocycles. The Morgan fingerprint density at radius 3 is 2.65 bits per heavy atom. The number of rotatable bonds is 3.